The van der Waals surface area contributed by atoms with E-state index >= 15 is 0 Å². The molecule has 1 aromatic heterocycles. The summed E-state index contributed by atoms with van der Waals surface area (Å²) in [7, 11) is 0. The third kappa shape index (κ3) is 5.89. The van der Waals surface area contributed by atoms with Gasteiger partial charge in [0.1, 0.15) is 12.4 Å². The molecule has 0 N–H and O–H groups in total. The number of ether oxygens (including phenoxy) is 2. The zero-order valence-electron chi connectivity index (χ0n) is 23.6. The molecule has 0 aliphatic rings. The number of hydrogen-bond donors (Lipinski definition) is 0. The van der Waals surface area contributed by atoms with Crippen LogP contribution in [0.2, 0.25) is 0 Å². The van der Waals surface area contributed by atoms with Crippen molar-refractivity contribution in [3.8, 4) is 11.5 Å². The first-order chi connectivity index (χ1) is 20.1. The van der Waals surface area contributed by atoms with Crippen LogP contribution in [0.15, 0.2) is 87.2 Å². The van der Waals surface area contributed by atoms with Gasteiger partial charge in [0.25, 0.3) is 5.56 Å². The average Bonchev–Trinajstić information content (AvgIpc) is 2.95. The molecule has 0 saturated heterocycles. The lowest BCUT2D eigenvalue weighted by Gasteiger charge is -2.21. The lowest BCUT2D eigenvalue weighted by Crippen LogP contribution is -2.29. The summed E-state index contributed by atoms with van der Waals surface area (Å²) in [5.41, 5.74) is 0.675. The summed E-state index contributed by atoms with van der Waals surface area (Å²) < 4.78 is 13.8. The Morgan fingerprint density at radius 3 is 2.52 bits per heavy atom. The van der Waals surface area contributed by atoms with Crippen LogP contribution in [0.5, 0.6) is 11.5 Å². The highest BCUT2D eigenvalue weighted by atomic mass is 79.9. The molecule has 0 atom stereocenters. The van der Waals surface area contributed by atoms with Crippen LogP contribution in [0.3, 0.4) is 0 Å². The number of nitrogens with zero attached hydrogens (tertiary/aromatic N) is 4. The van der Waals surface area contributed by atoms with Gasteiger partial charge >= 0.3 is 5.69 Å². The van der Waals surface area contributed by atoms with Gasteiger partial charge in [0.05, 0.1) is 28.6 Å². The first-order valence-corrected chi connectivity index (χ1v) is 14.2. The van der Waals surface area contributed by atoms with Crippen molar-refractivity contribution < 1.29 is 14.4 Å². The molecule has 0 unspecified atom stereocenters. The molecule has 5 rings (SSSR count). The minimum Gasteiger partial charge on any atom is -0.490 e. The van der Waals surface area contributed by atoms with Gasteiger partial charge in [0.2, 0.25) is 5.75 Å². The van der Waals surface area contributed by atoms with Crippen LogP contribution in [-0.4, -0.2) is 27.4 Å². The summed E-state index contributed by atoms with van der Waals surface area (Å²) >= 11 is 3.41. The summed E-state index contributed by atoms with van der Waals surface area (Å²) in [4.78, 5) is 29.9. The molecule has 42 heavy (non-hydrogen) atoms. The number of aromatic nitrogens is 2. The summed E-state index contributed by atoms with van der Waals surface area (Å²) in [5.74, 6) is 0.683. The molecule has 0 saturated carbocycles. The molecule has 0 fully saturated rings. The second-order valence-corrected chi connectivity index (χ2v) is 11.6. The van der Waals surface area contributed by atoms with E-state index in [2.05, 4.69) is 21.0 Å². The van der Waals surface area contributed by atoms with E-state index in [-0.39, 0.29) is 36.0 Å². The fourth-order valence-electron chi connectivity index (χ4n) is 4.66. The van der Waals surface area contributed by atoms with Gasteiger partial charge in [0, 0.05) is 21.5 Å². The van der Waals surface area contributed by atoms with Gasteiger partial charge in [-0.1, -0.05) is 79.2 Å². The van der Waals surface area contributed by atoms with E-state index in [1.54, 1.807) is 25.1 Å². The molecule has 0 aliphatic heterocycles. The van der Waals surface area contributed by atoms with E-state index in [1.165, 1.54) is 17.0 Å². The first kappa shape index (κ1) is 28.9. The van der Waals surface area contributed by atoms with Gasteiger partial charge in [-0.15, -0.1) is 0 Å². The van der Waals surface area contributed by atoms with Crippen LogP contribution < -0.4 is 15.0 Å². The number of benzene rings is 4. The highest BCUT2D eigenvalue weighted by Crippen LogP contribution is 2.39. The molecule has 0 radical (unpaired) electrons. The minimum atomic E-state index is -0.514. The van der Waals surface area contributed by atoms with Crippen LogP contribution in [0.1, 0.15) is 44.6 Å². The van der Waals surface area contributed by atoms with Crippen molar-refractivity contribution in [3.63, 3.8) is 0 Å². The Labute approximate surface area is 250 Å². The molecule has 9 nitrogen and oxygen atoms in total. The Morgan fingerprint density at radius 1 is 1.02 bits per heavy atom. The quantitative estimate of drug-likeness (QED) is 0.101. The van der Waals surface area contributed by atoms with Crippen molar-refractivity contribution in [2.75, 3.05) is 6.61 Å². The number of rotatable bonds is 8. The summed E-state index contributed by atoms with van der Waals surface area (Å²) in [6.07, 6.45) is 1.39. The second-order valence-electron chi connectivity index (χ2n) is 10.7. The molecular weight excluding hydrogens is 600 g/mol. The van der Waals surface area contributed by atoms with E-state index in [0.717, 1.165) is 20.8 Å². The van der Waals surface area contributed by atoms with Crippen molar-refractivity contribution in [3.05, 3.63) is 115 Å². The van der Waals surface area contributed by atoms with Crippen LogP contribution in [0.25, 0.3) is 21.7 Å². The van der Waals surface area contributed by atoms with Crippen LogP contribution in [-0.2, 0) is 12.0 Å². The van der Waals surface area contributed by atoms with Gasteiger partial charge in [0.15, 0.2) is 5.75 Å². The number of halogens is 1. The smallest absolute Gasteiger partial charge is 0.315 e. The van der Waals surface area contributed by atoms with E-state index < -0.39 is 10.3 Å². The SMILES string of the molecule is CCOc1cc(C=Nn2c(C(C)(C)C)nc3ccc(Br)cc3c2=O)cc([N+](=O)[O-])c1OCc1cccc2ccccc12. The number of hydrogen-bond acceptors (Lipinski definition) is 7. The Balaban J connectivity index is 1.57. The molecule has 5 aromatic rings. The van der Waals surface area contributed by atoms with E-state index in [9.17, 15) is 14.9 Å². The second kappa shape index (κ2) is 11.7. The monoisotopic (exact) mass is 628 g/mol. The van der Waals surface area contributed by atoms with Crippen molar-refractivity contribution in [2.24, 2.45) is 5.10 Å². The summed E-state index contributed by atoms with van der Waals surface area (Å²) in [6.45, 7) is 7.97. The lowest BCUT2D eigenvalue weighted by molar-refractivity contribution is -0.386. The molecule has 0 bridgehead atoms. The Kier molecular flexibility index (Phi) is 8.08. The van der Waals surface area contributed by atoms with Crippen LogP contribution in [0.4, 0.5) is 5.69 Å². The predicted octanol–water partition coefficient (Wildman–Crippen LogP) is 7.38. The molecule has 214 valence electrons. The molecular formula is C32H29BrN4O5. The summed E-state index contributed by atoms with van der Waals surface area (Å²) in [5, 5.41) is 19.1. The Bertz CT molecular complexity index is 1900. The fraction of sp³-hybridized carbons (Fsp3) is 0.219. The van der Waals surface area contributed by atoms with Crippen molar-refractivity contribution in [2.45, 2.75) is 39.7 Å². The average molecular weight is 630 g/mol. The van der Waals surface area contributed by atoms with Crippen LogP contribution in [0, 0.1) is 10.1 Å². The molecule has 4 aromatic carbocycles. The van der Waals surface area contributed by atoms with Gasteiger partial charge in [-0.25, -0.2) is 4.98 Å². The van der Waals surface area contributed by atoms with Crippen molar-refractivity contribution >= 4 is 49.5 Å². The molecule has 0 amide bonds. The van der Waals surface area contributed by atoms with E-state index in [1.807, 2.05) is 69.3 Å². The fourth-order valence-corrected chi connectivity index (χ4v) is 5.02. The standard InChI is InChI=1S/C32H29BrN4O5/c1-5-41-28-16-20(18-34-36-30(38)25-17-23(33)13-14-26(25)35-31(36)32(2,3)4)15-27(37(39)40)29(28)42-19-22-11-8-10-21-9-6-7-12-24(21)22/h6-18H,5,19H2,1-4H3. The van der Waals surface area contributed by atoms with Crippen LogP contribution >= 0.6 is 15.9 Å². The van der Waals surface area contributed by atoms with Crippen molar-refractivity contribution in [1.29, 1.82) is 0 Å². The summed E-state index contributed by atoms with van der Waals surface area (Å²) in [6, 6.07) is 22.0. The topological polar surface area (TPSA) is 109 Å². The van der Waals surface area contributed by atoms with Gasteiger partial charge in [-0.2, -0.15) is 9.78 Å². The lowest BCUT2D eigenvalue weighted by atomic mass is 9.95. The molecule has 0 spiro atoms. The van der Waals surface area contributed by atoms with E-state index in [4.69, 9.17) is 14.5 Å². The maximum Gasteiger partial charge on any atom is 0.315 e. The maximum atomic E-state index is 13.5. The maximum absolute atomic E-state index is 13.5. The van der Waals surface area contributed by atoms with Gasteiger partial charge in [-0.05, 0) is 47.5 Å². The number of fused-ring (bicyclic) bond motifs is 2. The van der Waals surface area contributed by atoms with Gasteiger partial charge < -0.3 is 9.47 Å². The Hall–Kier alpha value is -4.57. The number of nitro benzene ring substituents is 1. The van der Waals surface area contributed by atoms with Crippen molar-refractivity contribution in [1.82, 2.24) is 9.66 Å². The zero-order chi connectivity index (χ0) is 30.0. The largest absolute Gasteiger partial charge is 0.490 e. The minimum absolute atomic E-state index is 0.0247. The molecule has 10 heteroatoms. The van der Waals surface area contributed by atoms with E-state index in [0.29, 0.717) is 22.3 Å². The Morgan fingerprint density at radius 2 is 1.79 bits per heavy atom. The third-order valence-corrected chi connectivity index (χ3v) is 7.10. The highest BCUT2D eigenvalue weighted by Gasteiger charge is 2.25. The third-order valence-electron chi connectivity index (χ3n) is 6.61. The number of nitro groups is 1. The first-order valence-electron chi connectivity index (χ1n) is 13.4. The predicted molar refractivity (Wildman–Crippen MR) is 168 cm³/mol. The zero-order valence-corrected chi connectivity index (χ0v) is 25.2. The highest BCUT2D eigenvalue weighted by molar-refractivity contribution is 9.10. The normalized spacial score (nSPS) is 11.8. The van der Waals surface area contributed by atoms with Gasteiger partial charge in [-0.3, -0.25) is 14.9 Å². The molecule has 1 heterocycles. The molecule has 0 aliphatic carbocycles.